The molecule has 0 saturated carbocycles. The summed E-state index contributed by atoms with van der Waals surface area (Å²) in [5, 5.41) is 13.9. The lowest BCUT2D eigenvalue weighted by molar-refractivity contribution is -0.129. The normalized spacial score (nSPS) is 14.9. The third-order valence-electron chi connectivity index (χ3n) is 5.30. The van der Waals surface area contributed by atoms with Gasteiger partial charge in [0.1, 0.15) is 0 Å². The van der Waals surface area contributed by atoms with Crippen LogP contribution in [-0.2, 0) is 11.3 Å². The second kappa shape index (κ2) is 9.37. The van der Waals surface area contributed by atoms with Crippen molar-refractivity contribution in [2.45, 2.75) is 38.6 Å². The molecule has 1 fully saturated rings. The van der Waals surface area contributed by atoms with E-state index in [1.807, 2.05) is 17.0 Å². The van der Waals surface area contributed by atoms with Crippen molar-refractivity contribution in [2.24, 2.45) is 5.92 Å². The zero-order valence-corrected chi connectivity index (χ0v) is 15.5. The maximum Gasteiger partial charge on any atom is 0.317 e. The van der Waals surface area contributed by atoms with Gasteiger partial charge in [0.15, 0.2) is 0 Å². The molecule has 6 nitrogen and oxygen atoms in total. The minimum Gasteiger partial charge on any atom is -0.334 e. The van der Waals surface area contributed by atoms with Gasteiger partial charge in [-0.2, -0.15) is 0 Å². The molecular formula is C21H27N3O3. The lowest BCUT2D eigenvalue weighted by Gasteiger charge is -2.32. The Balaban J connectivity index is 1.40. The summed E-state index contributed by atoms with van der Waals surface area (Å²) in [7, 11) is 0. The molecule has 0 aliphatic carbocycles. The van der Waals surface area contributed by atoms with E-state index in [1.54, 1.807) is 5.48 Å². The second-order valence-corrected chi connectivity index (χ2v) is 7.20. The number of likely N-dealkylation sites (tertiary alicyclic amines) is 1. The van der Waals surface area contributed by atoms with Crippen LogP contribution in [0.15, 0.2) is 42.5 Å². The molecule has 27 heavy (non-hydrogen) atoms. The van der Waals surface area contributed by atoms with Gasteiger partial charge in [-0.1, -0.05) is 36.4 Å². The Morgan fingerprint density at radius 2 is 1.81 bits per heavy atom. The molecular weight excluding hydrogens is 342 g/mol. The van der Waals surface area contributed by atoms with Gasteiger partial charge in [0.05, 0.1) is 0 Å². The van der Waals surface area contributed by atoms with Crippen molar-refractivity contribution >= 4 is 22.7 Å². The van der Waals surface area contributed by atoms with Gasteiger partial charge in [0.25, 0.3) is 0 Å². The Hall–Kier alpha value is -2.60. The number of urea groups is 1. The molecule has 6 heteroatoms. The van der Waals surface area contributed by atoms with Crippen LogP contribution in [0.5, 0.6) is 0 Å². The number of rotatable bonds is 6. The molecule has 0 atom stereocenters. The van der Waals surface area contributed by atoms with Crippen LogP contribution in [0.1, 0.15) is 37.7 Å². The third kappa shape index (κ3) is 5.44. The molecule has 2 aromatic carbocycles. The summed E-state index contributed by atoms with van der Waals surface area (Å²) in [6.45, 7) is 2.03. The molecule has 0 spiro atoms. The second-order valence-electron chi connectivity index (χ2n) is 7.20. The molecule has 1 heterocycles. The van der Waals surface area contributed by atoms with Crippen LogP contribution in [0.2, 0.25) is 0 Å². The number of hydroxylamine groups is 1. The molecule has 0 unspecified atom stereocenters. The highest BCUT2D eigenvalue weighted by Crippen LogP contribution is 2.22. The van der Waals surface area contributed by atoms with E-state index >= 15 is 0 Å². The predicted octanol–water partition coefficient (Wildman–Crippen LogP) is 3.44. The highest BCUT2D eigenvalue weighted by Gasteiger charge is 2.22. The van der Waals surface area contributed by atoms with Gasteiger partial charge in [0.2, 0.25) is 5.91 Å². The fourth-order valence-electron chi connectivity index (χ4n) is 3.67. The first-order valence-corrected chi connectivity index (χ1v) is 9.59. The molecule has 144 valence electrons. The van der Waals surface area contributed by atoms with E-state index < -0.39 is 0 Å². The largest absolute Gasteiger partial charge is 0.334 e. The van der Waals surface area contributed by atoms with Crippen LogP contribution in [-0.4, -0.2) is 35.1 Å². The van der Waals surface area contributed by atoms with Crippen molar-refractivity contribution in [3.8, 4) is 0 Å². The minimum absolute atomic E-state index is 0.0127. The van der Waals surface area contributed by atoms with Crippen molar-refractivity contribution in [3.05, 3.63) is 48.0 Å². The topological polar surface area (TPSA) is 81.7 Å². The van der Waals surface area contributed by atoms with Crippen LogP contribution < -0.4 is 10.8 Å². The number of carbonyl (C=O) groups is 2. The molecule has 3 rings (SSSR count). The average Bonchev–Trinajstić information content (AvgIpc) is 2.72. The summed E-state index contributed by atoms with van der Waals surface area (Å²) in [5.74, 6) is 0.210. The van der Waals surface area contributed by atoms with Crippen molar-refractivity contribution in [3.63, 3.8) is 0 Å². The maximum absolute atomic E-state index is 12.4. The van der Waals surface area contributed by atoms with E-state index in [0.717, 1.165) is 44.3 Å². The Labute approximate surface area is 159 Å². The minimum atomic E-state index is -0.333. The van der Waals surface area contributed by atoms with Crippen LogP contribution in [0.4, 0.5) is 4.79 Å². The Bertz CT molecular complexity index is 785. The van der Waals surface area contributed by atoms with E-state index in [9.17, 15) is 9.59 Å². The summed E-state index contributed by atoms with van der Waals surface area (Å²) in [6.07, 6.45) is 4.00. The highest BCUT2D eigenvalue weighted by molar-refractivity contribution is 5.83. The summed E-state index contributed by atoms with van der Waals surface area (Å²) >= 11 is 0. The standard InChI is InChI=1S/C21H27N3O3/c25-20(23-27)7-3-4-16-10-12-24(13-11-16)21(26)22-15-17-8-9-18-5-1-2-6-19(18)14-17/h1-2,5-6,8-9,14,16,27H,3-4,7,10-13,15H2,(H,22,26)(H,23,25). The summed E-state index contributed by atoms with van der Waals surface area (Å²) in [6, 6.07) is 14.4. The molecule has 1 saturated heterocycles. The van der Waals surface area contributed by atoms with E-state index in [1.165, 1.54) is 10.8 Å². The Kier molecular flexibility index (Phi) is 6.65. The molecule has 3 amide bonds. The SMILES string of the molecule is O=C(CCCC1CCN(C(=O)NCc2ccc3ccccc3c2)CC1)NO. The summed E-state index contributed by atoms with van der Waals surface area (Å²) < 4.78 is 0. The van der Waals surface area contributed by atoms with Crippen molar-refractivity contribution in [2.75, 3.05) is 13.1 Å². The van der Waals surface area contributed by atoms with Crippen LogP contribution in [0.25, 0.3) is 10.8 Å². The van der Waals surface area contributed by atoms with Crippen LogP contribution in [0, 0.1) is 5.92 Å². The van der Waals surface area contributed by atoms with Gasteiger partial charge in [-0.05, 0) is 54.0 Å². The number of carbonyl (C=O) groups excluding carboxylic acids is 2. The number of hydrogen-bond acceptors (Lipinski definition) is 3. The molecule has 0 bridgehead atoms. The van der Waals surface area contributed by atoms with Gasteiger partial charge in [-0.3, -0.25) is 10.0 Å². The van der Waals surface area contributed by atoms with Crippen LogP contribution >= 0.6 is 0 Å². The summed E-state index contributed by atoms with van der Waals surface area (Å²) in [4.78, 5) is 25.3. The number of fused-ring (bicyclic) bond motifs is 1. The van der Waals surface area contributed by atoms with Gasteiger partial charge in [0, 0.05) is 26.1 Å². The van der Waals surface area contributed by atoms with E-state index in [2.05, 4.69) is 35.6 Å². The Morgan fingerprint density at radius 3 is 2.56 bits per heavy atom. The molecule has 1 aliphatic heterocycles. The molecule has 1 aliphatic rings. The van der Waals surface area contributed by atoms with Crippen LogP contribution in [0.3, 0.4) is 0 Å². The molecule has 0 radical (unpaired) electrons. The number of nitrogens with zero attached hydrogens (tertiary/aromatic N) is 1. The number of piperidine rings is 1. The molecule has 3 N–H and O–H groups in total. The number of amides is 3. The zero-order chi connectivity index (χ0) is 19.1. The fraction of sp³-hybridized carbons (Fsp3) is 0.429. The predicted molar refractivity (Wildman–Crippen MR) is 104 cm³/mol. The zero-order valence-electron chi connectivity index (χ0n) is 15.5. The first-order chi connectivity index (χ1) is 13.2. The first-order valence-electron chi connectivity index (χ1n) is 9.59. The van der Waals surface area contributed by atoms with Crippen molar-refractivity contribution < 1.29 is 14.8 Å². The Morgan fingerprint density at radius 1 is 1.07 bits per heavy atom. The lowest BCUT2D eigenvalue weighted by atomic mass is 9.91. The summed E-state index contributed by atoms with van der Waals surface area (Å²) in [5.41, 5.74) is 2.76. The molecule has 2 aromatic rings. The van der Waals surface area contributed by atoms with E-state index in [-0.39, 0.29) is 11.9 Å². The number of nitrogens with one attached hydrogen (secondary N) is 2. The van der Waals surface area contributed by atoms with Gasteiger partial charge in [-0.15, -0.1) is 0 Å². The smallest absolute Gasteiger partial charge is 0.317 e. The van der Waals surface area contributed by atoms with Gasteiger partial charge in [-0.25, -0.2) is 10.3 Å². The van der Waals surface area contributed by atoms with E-state index in [0.29, 0.717) is 18.9 Å². The monoisotopic (exact) mass is 369 g/mol. The van der Waals surface area contributed by atoms with Gasteiger partial charge < -0.3 is 10.2 Å². The van der Waals surface area contributed by atoms with Crippen molar-refractivity contribution in [1.29, 1.82) is 0 Å². The first kappa shape index (κ1) is 19.2. The maximum atomic E-state index is 12.4. The lowest BCUT2D eigenvalue weighted by Crippen LogP contribution is -2.44. The van der Waals surface area contributed by atoms with Gasteiger partial charge >= 0.3 is 6.03 Å². The fourth-order valence-corrected chi connectivity index (χ4v) is 3.67. The van der Waals surface area contributed by atoms with E-state index in [4.69, 9.17) is 5.21 Å². The molecule has 0 aromatic heterocycles. The highest BCUT2D eigenvalue weighted by atomic mass is 16.5. The quantitative estimate of drug-likeness (QED) is 0.539. The number of hydrogen-bond donors (Lipinski definition) is 3. The third-order valence-corrected chi connectivity index (χ3v) is 5.30. The van der Waals surface area contributed by atoms with Crippen molar-refractivity contribution in [1.82, 2.24) is 15.7 Å². The number of benzene rings is 2. The average molecular weight is 369 g/mol.